The second-order valence-electron chi connectivity index (χ2n) is 3.86. The third-order valence-corrected chi connectivity index (χ3v) is 2.78. The van der Waals surface area contributed by atoms with Crippen LogP contribution in [-0.4, -0.2) is 9.55 Å². The van der Waals surface area contributed by atoms with Gasteiger partial charge in [-0.3, -0.25) is 0 Å². The summed E-state index contributed by atoms with van der Waals surface area (Å²) in [6.07, 6.45) is 7.97. The van der Waals surface area contributed by atoms with Crippen LogP contribution in [0.3, 0.4) is 0 Å². The lowest BCUT2D eigenvalue weighted by atomic mass is 10.1. The van der Waals surface area contributed by atoms with E-state index in [0.29, 0.717) is 12.4 Å². The lowest BCUT2D eigenvalue weighted by Gasteiger charge is -2.03. The quantitative estimate of drug-likeness (QED) is 0.815. The van der Waals surface area contributed by atoms with Crippen LogP contribution in [0.5, 0.6) is 0 Å². The third kappa shape index (κ3) is 2.16. The Labute approximate surface area is 101 Å². The zero-order valence-corrected chi connectivity index (χ0v) is 9.85. The number of nitrogen functional groups attached to an aromatic ring is 1. The molecule has 2 rings (SSSR count). The molecule has 0 fully saturated rings. The molecular weight excluding hydrogens is 210 g/mol. The SMILES string of the molecule is C#CCn1cnc(-c2ccc(CC)cc2)c1N. The van der Waals surface area contributed by atoms with Crippen LogP contribution in [-0.2, 0) is 13.0 Å². The normalized spacial score (nSPS) is 10.1. The summed E-state index contributed by atoms with van der Waals surface area (Å²) in [6, 6.07) is 8.26. The molecule has 3 heteroatoms. The maximum atomic E-state index is 6.00. The van der Waals surface area contributed by atoms with E-state index >= 15 is 0 Å². The van der Waals surface area contributed by atoms with Gasteiger partial charge in [0.15, 0.2) is 0 Å². The smallest absolute Gasteiger partial charge is 0.132 e. The number of hydrogen-bond acceptors (Lipinski definition) is 2. The van der Waals surface area contributed by atoms with Crippen molar-refractivity contribution in [3.8, 4) is 23.6 Å². The maximum Gasteiger partial charge on any atom is 0.132 e. The predicted octanol–water partition coefficient (Wildman–Crippen LogP) is 2.33. The van der Waals surface area contributed by atoms with Gasteiger partial charge in [-0.1, -0.05) is 37.1 Å². The van der Waals surface area contributed by atoms with Crippen molar-refractivity contribution in [1.29, 1.82) is 0 Å². The van der Waals surface area contributed by atoms with Gasteiger partial charge in [0.2, 0.25) is 0 Å². The molecule has 2 N–H and O–H groups in total. The van der Waals surface area contributed by atoms with E-state index in [4.69, 9.17) is 12.2 Å². The molecule has 0 aliphatic rings. The van der Waals surface area contributed by atoms with Crippen molar-refractivity contribution in [2.24, 2.45) is 0 Å². The molecule has 0 atom stereocenters. The number of hydrogen-bond donors (Lipinski definition) is 1. The van der Waals surface area contributed by atoms with Gasteiger partial charge in [-0.05, 0) is 12.0 Å². The number of aryl methyl sites for hydroxylation is 1. The van der Waals surface area contributed by atoms with E-state index in [1.807, 2.05) is 12.1 Å². The summed E-state index contributed by atoms with van der Waals surface area (Å²) >= 11 is 0. The summed E-state index contributed by atoms with van der Waals surface area (Å²) in [4.78, 5) is 4.30. The number of nitrogens with zero attached hydrogens (tertiary/aromatic N) is 2. The van der Waals surface area contributed by atoms with Crippen molar-refractivity contribution < 1.29 is 0 Å². The summed E-state index contributed by atoms with van der Waals surface area (Å²) in [5, 5.41) is 0. The van der Waals surface area contributed by atoms with Crippen molar-refractivity contribution >= 4 is 5.82 Å². The molecule has 17 heavy (non-hydrogen) atoms. The Morgan fingerprint density at radius 1 is 1.35 bits per heavy atom. The lowest BCUT2D eigenvalue weighted by Crippen LogP contribution is -2.00. The highest BCUT2D eigenvalue weighted by Gasteiger charge is 2.08. The minimum Gasteiger partial charge on any atom is -0.383 e. The zero-order valence-electron chi connectivity index (χ0n) is 9.85. The topological polar surface area (TPSA) is 43.8 Å². The molecule has 0 aliphatic carbocycles. The van der Waals surface area contributed by atoms with Gasteiger partial charge in [-0.15, -0.1) is 6.42 Å². The highest BCUT2D eigenvalue weighted by atomic mass is 15.1. The highest BCUT2D eigenvalue weighted by molar-refractivity contribution is 5.70. The van der Waals surface area contributed by atoms with Gasteiger partial charge in [0.05, 0.1) is 12.9 Å². The minimum absolute atomic E-state index is 0.450. The predicted molar refractivity (Wildman–Crippen MR) is 70.3 cm³/mol. The van der Waals surface area contributed by atoms with Gasteiger partial charge in [-0.25, -0.2) is 4.98 Å². The van der Waals surface area contributed by atoms with E-state index in [2.05, 4.69) is 30.0 Å². The standard InChI is InChI=1S/C14H15N3/c1-3-9-17-10-16-13(14(17)15)12-7-5-11(4-2)6-8-12/h1,5-8,10H,4,9,15H2,2H3. The average Bonchev–Trinajstić information content (AvgIpc) is 2.72. The fraction of sp³-hybridized carbons (Fsp3) is 0.214. The van der Waals surface area contributed by atoms with Crippen LogP contribution in [0.25, 0.3) is 11.3 Å². The number of terminal acetylenes is 1. The Hall–Kier alpha value is -2.21. The van der Waals surface area contributed by atoms with E-state index in [9.17, 15) is 0 Å². The summed E-state index contributed by atoms with van der Waals surface area (Å²) < 4.78 is 1.77. The summed E-state index contributed by atoms with van der Waals surface area (Å²) in [6.45, 7) is 2.58. The minimum atomic E-state index is 0.450. The molecule has 0 bridgehead atoms. The molecule has 0 saturated carbocycles. The van der Waals surface area contributed by atoms with E-state index in [0.717, 1.165) is 17.7 Å². The first-order valence-electron chi connectivity index (χ1n) is 5.59. The molecule has 1 heterocycles. The van der Waals surface area contributed by atoms with Crippen molar-refractivity contribution in [1.82, 2.24) is 9.55 Å². The van der Waals surface area contributed by atoms with Gasteiger partial charge in [-0.2, -0.15) is 0 Å². The van der Waals surface area contributed by atoms with Gasteiger partial charge in [0.25, 0.3) is 0 Å². The van der Waals surface area contributed by atoms with Crippen LogP contribution in [0.15, 0.2) is 30.6 Å². The second kappa shape index (κ2) is 4.75. The largest absolute Gasteiger partial charge is 0.383 e. The Bertz CT molecular complexity index is 544. The first-order chi connectivity index (χ1) is 8.26. The molecule has 2 aromatic rings. The Morgan fingerprint density at radius 2 is 2.06 bits per heavy atom. The molecule has 0 radical (unpaired) electrons. The number of aromatic nitrogens is 2. The molecular formula is C14H15N3. The summed E-state index contributed by atoms with van der Waals surface area (Å²) in [5.41, 5.74) is 9.12. The van der Waals surface area contributed by atoms with Crippen LogP contribution in [0.4, 0.5) is 5.82 Å². The molecule has 0 unspecified atom stereocenters. The van der Waals surface area contributed by atoms with Gasteiger partial charge >= 0.3 is 0 Å². The average molecular weight is 225 g/mol. The number of rotatable bonds is 3. The van der Waals surface area contributed by atoms with Gasteiger partial charge in [0.1, 0.15) is 11.5 Å². The number of nitrogens with two attached hydrogens (primary N) is 1. The van der Waals surface area contributed by atoms with Crippen molar-refractivity contribution in [2.45, 2.75) is 19.9 Å². The fourth-order valence-corrected chi connectivity index (χ4v) is 1.74. The Morgan fingerprint density at radius 3 is 2.65 bits per heavy atom. The highest BCUT2D eigenvalue weighted by Crippen LogP contribution is 2.24. The number of benzene rings is 1. The van der Waals surface area contributed by atoms with Crippen LogP contribution in [0.1, 0.15) is 12.5 Å². The molecule has 0 spiro atoms. The van der Waals surface area contributed by atoms with Crippen LogP contribution >= 0.6 is 0 Å². The Balaban J connectivity index is 2.36. The lowest BCUT2D eigenvalue weighted by molar-refractivity contribution is 0.852. The molecule has 1 aromatic heterocycles. The molecule has 1 aromatic carbocycles. The molecule has 3 nitrogen and oxygen atoms in total. The van der Waals surface area contributed by atoms with Gasteiger partial charge < -0.3 is 10.3 Å². The van der Waals surface area contributed by atoms with E-state index in [1.54, 1.807) is 10.9 Å². The van der Waals surface area contributed by atoms with Gasteiger partial charge in [0, 0.05) is 5.56 Å². The van der Waals surface area contributed by atoms with Crippen molar-refractivity contribution in [2.75, 3.05) is 5.73 Å². The van der Waals surface area contributed by atoms with E-state index < -0.39 is 0 Å². The number of anilines is 1. The first kappa shape index (κ1) is 11.3. The second-order valence-corrected chi connectivity index (χ2v) is 3.86. The van der Waals surface area contributed by atoms with E-state index in [1.165, 1.54) is 5.56 Å². The summed E-state index contributed by atoms with van der Waals surface area (Å²) in [7, 11) is 0. The third-order valence-electron chi connectivity index (χ3n) is 2.78. The van der Waals surface area contributed by atoms with Crippen LogP contribution in [0.2, 0.25) is 0 Å². The van der Waals surface area contributed by atoms with Crippen molar-refractivity contribution in [3.63, 3.8) is 0 Å². The molecule has 0 saturated heterocycles. The van der Waals surface area contributed by atoms with Crippen molar-refractivity contribution in [3.05, 3.63) is 36.2 Å². The molecule has 86 valence electrons. The first-order valence-corrected chi connectivity index (χ1v) is 5.59. The molecule has 0 aliphatic heterocycles. The zero-order chi connectivity index (χ0) is 12.3. The van der Waals surface area contributed by atoms with Crippen LogP contribution in [0, 0.1) is 12.3 Å². The maximum absolute atomic E-state index is 6.00. The monoisotopic (exact) mass is 225 g/mol. The Kier molecular flexibility index (Phi) is 3.15. The van der Waals surface area contributed by atoms with Crippen LogP contribution < -0.4 is 5.73 Å². The fourth-order valence-electron chi connectivity index (χ4n) is 1.74. The van der Waals surface area contributed by atoms with E-state index in [-0.39, 0.29) is 0 Å². The summed E-state index contributed by atoms with van der Waals surface area (Å²) in [5.74, 6) is 3.17. The molecule has 0 amide bonds. The number of imidazole rings is 1.